The number of anilines is 1. The highest BCUT2D eigenvalue weighted by Gasteiger charge is 2.25. The number of nitrogens with one attached hydrogen (secondary N) is 1. The highest BCUT2D eigenvalue weighted by molar-refractivity contribution is 7.15. The number of hydrogen-bond acceptors (Lipinski definition) is 6. The average molecular weight is 337 g/mol. The van der Waals surface area contributed by atoms with E-state index in [0.717, 1.165) is 31.2 Å². The molecule has 1 atom stereocenters. The number of aryl methyl sites for hydroxylation is 1. The second-order valence-electron chi connectivity index (χ2n) is 5.31. The van der Waals surface area contributed by atoms with E-state index < -0.39 is 0 Å². The molecule has 22 heavy (non-hydrogen) atoms. The molecule has 2 amide bonds. The number of carbonyl (C=O) groups is 1. The van der Waals surface area contributed by atoms with Crippen molar-refractivity contribution in [3.05, 3.63) is 27.4 Å². The Morgan fingerprint density at radius 2 is 2.09 bits per heavy atom. The lowest BCUT2D eigenvalue weighted by molar-refractivity contribution is 0.119. The summed E-state index contributed by atoms with van der Waals surface area (Å²) in [4.78, 5) is 16.5. The molecular weight excluding hydrogens is 318 g/mol. The lowest BCUT2D eigenvalue weighted by Gasteiger charge is -2.37. The third-order valence-electron chi connectivity index (χ3n) is 3.91. The van der Waals surface area contributed by atoms with E-state index in [1.807, 2.05) is 11.8 Å². The van der Waals surface area contributed by atoms with Crippen LogP contribution in [-0.2, 0) is 0 Å². The summed E-state index contributed by atoms with van der Waals surface area (Å²) in [5, 5.41) is 16.4. The van der Waals surface area contributed by atoms with Crippen molar-refractivity contribution in [3.8, 4) is 0 Å². The lowest BCUT2D eigenvalue weighted by Crippen LogP contribution is -2.50. The molecule has 0 bridgehead atoms. The Hall–Kier alpha value is -1.51. The second kappa shape index (κ2) is 6.72. The van der Waals surface area contributed by atoms with Gasteiger partial charge in [-0.3, -0.25) is 10.2 Å². The average Bonchev–Trinajstić information content (AvgIpc) is 3.18. The van der Waals surface area contributed by atoms with Crippen molar-refractivity contribution in [2.75, 3.05) is 31.5 Å². The van der Waals surface area contributed by atoms with Gasteiger partial charge in [-0.15, -0.1) is 10.2 Å². The highest BCUT2D eigenvalue weighted by Crippen LogP contribution is 2.23. The largest absolute Gasteiger partial charge is 0.323 e. The Morgan fingerprint density at radius 3 is 2.68 bits per heavy atom. The molecule has 0 spiro atoms. The van der Waals surface area contributed by atoms with Crippen LogP contribution in [0.25, 0.3) is 0 Å². The summed E-state index contributed by atoms with van der Waals surface area (Å²) >= 11 is 3.12. The quantitative estimate of drug-likeness (QED) is 0.935. The zero-order chi connectivity index (χ0) is 15.5. The Morgan fingerprint density at radius 1 is 1.32 bits per heavy atom. The first-order valence-corrected chi connectivity index (χ1v) is 9.01. The Labute approximate surface area is 137 Å². The first-order chi connectivity index (χ1) is 10.6. The van der Waals surface area contributed by atoms with Crippen LogP contribution < -0.4 is 5.32 Å². The van der Waals surface area contributed by atoms with Crippen LogP contribution in [0.5, 0.6) is 0 Å². The van der Waals surface area contributed by atoms with Crippen LogP contribution in [0.3, 0.4) is 0 Å². The minimum atomic E-state index is -0.0843. The molecule has 6 nitrogen and oxygen atoms in total. The van der Waals surface area contributed by atoms with Crippen molar-refractivity contribution >= 4 is 33.8 Å². The summed E-state index contributed by atoms with van der Waals surface area (Å²) in [6, 6.07) is 2.49. The molecule has 0 saturated carbocycles. The SMILES string of the molecule is Cc1nnc(NC(=O)N2CCN([C@H](C)c3ccsc3)CC2)s1. The van der Waals surface area contributed by atoms with Crippen LogP contribution in [0.4, 0.5) is 9.93 Å². The fourth-order valence-corrected chi connectivity index (χ4v) is 3.88. The van der Waals surface area contributed by atoms with E-state index in [0.29, 0.717) is 11.2 Å². The molecule has 1 aliphatic heterocycles. The Bertz CT molecular complexity index is 619. The van der Waals surface area contributed by atoms with E-state index >= 15 is 0 Å². The maximum atomic E-state index is 12.2. The summed E-state index contributed by atoms with van der Waals surface area (Å²) in [5.74, 6) is 0. The minimum absolute atomic E-state index is 0.0843. The summed E-state index contributed by atoms with van der Waals surface area (Å²) in [6.45, 7) is 7.34. The number of nitrogens with zero attached hydrogens (tertiary/aromatic N) is 4. The standard InChI is InChI=1S/C14H19N5OS2/c1-10(12-3-8-21-9-12)18-4-6-19(7-5-18)14(20)15-13-17-16-11(2)22-13/h3,8-10H,4-7H2,1-2H3,(H,15,17,20)/t10-/m1/s1. The van der Waals surface area contributed by atoms with Crippen LogP contribution in [0, 0.1) is 6.92 Å². The molecule has 1 aliphatic rings. The fourth-order valence-electron chi connectivity index (χ4n) is 2.55. The van der Waals surface area contributed by atoms with Gasteiger partial charge in [0.1, 0.15) is 5.01 Å². The molecule has 1 fully saturated rings. The van der Waals surface area contributed by atoms with Crippen molar-refractivity contribution in [2.45, 2.75) is 19.9 Å². The molecule has 118 valence electrons. The third kappa shape index (κ3) is 3.45. The fraction of sp³-hybridized carbons (Fsp3) is 0.500. The minimum Gasteiger partial charge on any atom is -0.322 e. The van der Waals surface area contributed by atoms with Crippen LogP contribution in [0.1, 0.15) is 23.5 Å². The van der Waals surface area contributed by atoms with Crippen molar-refractivity contribution in [1.82, 2.24) is 20.0 Å². The zero-order valence-corrected chi connectivity index (χ0v) is 14.3. The van der Waals surface area contributed by atoms with Crippen LogP contribution in [-0.4, -0.2) is 52.2 Å². The van der Waals surface area contributed by atoms with Gasteiger partial charge >= 0.3 is 6.03 Å². The third-order valence-corrected chi connectivity index (χ3v) is 5.37. The molecule has 1 saturated heterocycles. The summed E-state index contributed by atoms with van der Waals surface area (Å²) in [7, 11) is 0. The van der Waals surface area contributed by atoms with Gasteiger partial charge in [0.05, 0.1) is 0 Å². The number of amides is 2. The van der Waals surface area contributed by atoms with Gasteiger partial charge in [0.2, 0.25) is 5.13 Å². The van der Waals surface area contributed by atoms with Crippen LogP contribution in [0.2, 0.25) is 0 Å². The van der Waals surface area contributed by atoms with E-state index in [1.165, 1.54) is 16.9 Å². The van der Waals surface area contributed by atoms with Crippen LogP contribution >= 0.6 is 22.7 Å². The van der Waals surface area contributed by atoms with Gasteiger partial charge < -0.3 is 4.90 Å². The van der Waals surface area contributed by atoms with Crippen molar-refractivity contribution in [3.63, 3.8) is 0 Å². The van der Waals surface area contributed by atoms with Gasteiger partial charge in [-0.1, -0.05) is 11.3 Å². The summed E-state index contributed by atoms with van der Waals surface area (Å²) < 4.78 is 0. The van der Waals surface area contributed by atoms with Crippen molar-refractivity contribution < 1.29 is 4.79 Å². The maximum Gasteiger partial charge on any atom is 0.323 e. The smallest absolute Gasteiger partial charge is 0.322 e. The van der Waals surface area contributed by atoms with E-state index in [9.17, 15) is 4.79 Å². The Balaban J connectivity index is 1.52. The zero-order valence-electron chi connectivity index (χ0n) is 12.7. The van der Waals surface area contributed by atoms with Gasteiger partial charge in [-0.25, -0.2) is 4.79 Å². The molecule has 2 aromatic rings. The molecule has 1 N–H and O–H groups in total. The van der Waals surface area contributed by atoms with E-state index in [2.05, 4.69) is 44.2 Å². The number of piperazine rings is 1. The van der Waals surface area contributed by atoms with E-state index in [1.54, 1.807) is 11.3 Å². The summed E-state index contributed by atoms with van der Waals surface area (Å²) in [5.41, 5.74) is 1.35. The highest BCUT2D eigenvalue weighted by atomic mass is 32.1. The predicted octanol–water partition coefficient (Wildman–Crippen LogP) is 2.82. The first-order valence-electron chi connectivity index (χ1n) is 7.25. The molecule has 0 radical (unpaired) electrons. The lowest BCUT2D eigenvalue weighted by atomic mass is 10.1. The molecule has 3 rings (SSSR count). The van der Waals surface area contributed by atoms with Gasteiger partial charge in [-0.2, -0.15) is 11.3 Å². The number of thiophene rings is 1. The van der Waals surface area contributed by atoms with Crippen molar-refractivity contribution in [2.24, 2.45) is 0 Å². The number of rotatable bonds is 3. The van der Waals surface area contributed by atoms with Crippen molar-refractivity contribution in [1.29, 1.82) is 0 Å². The number of carbonyl (C=O) groups excluding carboxylic acids is 1. The number of hydrogen-bond donors (Lipinski definition) is 1. The van der Waals surface area contributed by atoms with Gasteiger partial charge in [0.25, 0.3) is 0 Å². The first kappa shape index (κ1) is 15.4. The molecule has 0 unspecified atom stereocenters. The van der Waals surface area contributed by atoms with Gasteiger partial charge in [0.15, 0.2) is 0 Å². The van der Waals surface area contributed by atoms with Gasteiger partial charge in [0, 0.05) is 32.2 Å². The molecule has 8 heteroatoms. The molecule has 2 aromatic heterocycles. The van der Waals surface area contributed by atoms with Gasteiger partial charge in [-0.05, 0) is 36.2 Å². The molecule has 0 aliphatic carbocycles. The monoisotopic (exact) mass is 337 g/mol. The molecular formula is C14H19N5OS2. The molecule has 3 heterocycles. The number of urea groups is 1. The maximum absolute atomic E-state index is 12.2. The Kier molecular flexibility index (Phi) is 4.70. The normalized spacial score (nSPS) is 17.5. The second-order valence-corrected chi connectivity index (χ2v) is 7.27. The predicted molar refractivity (Wildman–Crippen MR) is 89.5 cm³/mol. The summed E-state index contributed by atoms with van der Waals surface area (Å²) in [6.07, 6.45) is 0. The number of aromatic nitrogens is 2. The van der Waals surface area contributed by atoms with Crippen LogP contribution in [0.15, 0.2) is 16.8 Å². The van der Waals surface area contributed by atoms with E-state index in [-0.39, 0.29) is 6.03 Å². The topological polar surface area (TPSA) is 61.4 Å². The van der Waals surface area contributed by atoms with E-state index in [4.69, 9.17) is 0 Å². The molecule has 0 aromatic carbocycles.